The third kappa shape index (κ3) is 3.29. The largest absolute Gasteiger partial charge is 0.465 e. The van der Waals surface area contributed by atoms with Crippen LogP contribution in [0.5, 0.6) is 0 Å². The van der Waals surface area contributed by atoms with Gasteiger partial charge in [0.15, 0.2) is 0 Å². The average molecular weight is 399 g/mol. The number of nitrogens with one attached hydrogen (secondary N) is 3. The molecule has 2 aliphatic rings. The van der Waals surface area contributed by atoms with Gasteiger partial charge >= 0.3 is 6.09 Å². The number of amides is 2. The zero-order chi connectivity index (χ0) is 20.8. The predicted molar refractivity (Wildman–Crippen MR) is 105 cm³/mol. The number of carbonyl (C=O) groups excluding carboxylic acids is 1. The van der Waals surface area contributed by atoms with E-state index in [9.17, 15) is 14.4 Å². The van der Waals surface area contributed by atoms with E-state index in [1.54, 1.807) is 17.6 Å². The van der Waals surface area contributed by atoms with Gasteiger partial charge in [-0.2, -0.15) is 0 Å². The van der Waals surface area contributed by atoms with Crippen molar-refractivity contribution in [3.05, 3.63) is 40.1 Å². The second kappa shape index (κ2) is 6.85. The lowest BCUT2D eigenvalue weighted by Gasteiger charge is -2.39. The molecule has 4 rings (SSSR count). The van der Waals surface area contributed by atoms with Crippen LogP contribution in [0, 0.1) is 6.92 Å². The molecule has 4 heterocycles. The summed E-state index contributed by atoms with van der Waals surface area (Å²) in [5.74, 6) is 0.0829. The van der Waals surface area contributed by atoms with Gasteiger partial charge in [-0.1, -0.05) is 0 Å². The van der Waals surface area contributed by atoms with Gasteiger partial charge in [-0.25, -0.2) is 14.8 Å². The molecule has 152 valence electrons. The number of likely N-dealkylation sites (tertiary alicyclic amines) is 1. The molecule has 0 aliphatic carbocycles. The number of likely N-dealkylation sites (N-methyl/N-ethyl adjacent to an activating group) is 1. The Kier molecular flexibility index (Phi) is 4.46. The average Bonchev–Trinajstić information content (AvgIpc) is 2.91. The normalized spacial score (nSPS) is 21.0. The highest BCUT2D eigenvalue weighted by molar-refractivity contribution is 5.97. The van der Waals surface area contributed by atoms with Crippen molar-refractivity contribution in [3.8, 4) is 0 Å². The molecule has 0 aromatic carbocycles. The summed E-state index contributed by atoms with van der Waals surface area (Å²) in [6.07, 6.45) is 1.46. The van der Waals surface area contributed by atoms with Crippen molar-refractivity contribution in [1.29, 1.82) is 0 Å². The first kappa shape index (κ1) is 18.9. The molecule has 0 saturated carbocycles. The molecular weight excluding hydrogens is 378 g/mol. The highest BCUT2D eigenvalue weighted by Gasteiger charge is 2.46. The Hall–Kier alpha value is -3.47. The van der Waals surface area contributed by atoms with E-state index in [-0.39, 0.29) is 28.8 Å². The van der Waals surface area contributed by atoms with Crippen LogP contribution in [-0.2, 0) is 5.66 Å². The number of carbonyl (C=O) groups is 2. The lowest BCUT2D eigenvalue weighted by Crippen LogP contribution is -2.57. The number of hydrogen-bond acceptors (Lipinski definition) is 7. The Morgan fingerprint density at radius 2 is 2.03 bits per heavy atom. The van der Waals surface area contributed by atoms with Crippen molar-refractivity contribution in [3.63, 3.8) is 0 Å². The quantitative estimate of drug-likeness (QED) is 0.597. The number of hydrogen-bond donors (Lipinski definition) is 4. The van der Waals surface area contributed by atoms with Crippen LogP contribution in [0.1, 0.15) is 28.9 Å². The number of aromatic nitrogens is 3. The SMILES string of the molecule is Cc1cc(Nc2cc(NC(=O)O)ncn2)c(=O)n2c1C(=O)NC21CCCN(C)C1. The molecule has 11 nitrogen and oxygen atoms in total. The van der Waals surface area contributed by atoms with Crippen LogP contribution in [0.15, 0.2) is 23.3 Å². The van der Waals surface area contributed by atoms with Gasteiger partial charge < -0.3 is 20.6 Å². The highest BCUT2D eigenvalue weighted by atomic mass is 16.4. The predicted octanol–water partition coefficient (Wildman–Crippen LogP) is 0.902. The Labute approximate surface area is 165 Å². The fraction of sp³-hybridized carbons (Fsp3) is 0.389. The highest BCUT2D eigenvalue weighted by Crippen LogP contribution is 2.32. The van der Waals surface area contributed by atoms with Gasteiger partial charge in [-0.3, -0.25) is 19.5 Å². The topological polar surface area (TPSA) is 141 Å². The summed E-state index contributed by atoms with van der Waals surface area (Å²) < 4.78 is 1.56. The Morgan fingerprint density at radius 3 is 2.76 bits per heavy atom. The van der Waals surface area contributed by atoms with Crippen LogP contribution < -0.4 is 21.5 Å². The maximum Gasteiger partial charge on any atom is 0.410 e. The minimum atomic E-state index is -1.25. The van der Waals surface area contributed by atoms with Crippen LogP contribution >= 0.6 is 0 Å². The van der Waals surface area contributed by atoms with Gasteiger partial charge in [-0.15, -0.1) is 0 Å². The molecule has 1 unspecified atom stereocenters. The fourth-order valence-corrected chi connectivity index (χ4v) is 4.12. The standard InChI is InChI=1S/C18H21N7O4/c1-10-6-11(21-12-7-13(20-9-19-12)22-17(28)29)16(27)25-14(10)15(26)23-18(25)4-3-5-24(2)8-18/h6-7,9H,3-5,8H2,1-2H3,(H,23,26)(H,28,29)(H2,19,20,21,22). The van der Waals surface area contributed by atoms with E-state index in [2.05, 4.69) is 30.8 Å². The molecule has 1 atom stereocenters. The van der Waals surface area contributed by atoms with E-state index in [1.165, 1.54) is 12.4 Å². The van der Waals surface area contributed by atoms with E-state index < -0.39 is 11.8 Å². The van der Waals surface area contributed by atoms with Crippen molar-refractivity contribution >= 4 is 29.3 Å². The summed E-state index contributed by atoms with van der Waals surface area (Å²) in [5.41, 5.74) is 0.154. The monoisotopic (exact) mass is 399 g/mol. The number of piperidine rings is 1. The van der Waals surface area contributed by atoms with Gasteiger partial charge in [0.25, 0.3) is 11.5 Å². The molecule has 1 saturated heterocycles. The molecule has 2 aromatic rings. The van der Waals surface area contributed by atoms with Crippen LogP contribution in [0.2, 0.25) is 0 Å². The summed E-state index contributed by atoms with van der Waals surface area (Å²) in [6.45, 7) is 3.21. The summed E-state index contributed by atoms with van der Waals surface area (Å²) in [6, 6.07) is 2.99. The van der Waals surface area contributed by atoms with E-state index >= 15 is 0 Å². The molecule has 2 aromatic heterocycles. The Balaban J connectivity index is 1.76. The van der Waals surface area contributed by atoms with Crippen molar-refractivity contribution < 1.29 is 14.7 Å². The summed E-state index contributed by atoms with van der Waals surface area (Å²) in [7, 11) is 1.96. The van der Waals surface area contributed by atoms with E-state index in [0.717, 1.165) is 13.0 Å². The minimum absolute atomic E-state index is 0.0789. The molecule has 1 fully saturated rings. The van der Waals surface area contributed by atoms with E-state index in [1.807, 2.05) is 7.05 Å². The Bertz CT molecular complexity index is 1070. The Morgan fingerprint density at radius 1 is 1.28 bits per heavy atom. The second-order valence-electron chi connectivity index (χ2n) is 7.40. The third-order valence-electron chi connectivity index (χ3n) is 5.21. The number of rotatable bonds is 3. The number of fused-ring (bicyclic) bond motifs is 2. The van der Waals surface area contributed by atoms with Crippen LogP contribution in [0.3, 0.4) is 0 Å². The lowest BCUT2D eigenvalue weighted by molar-refractivity contribution is 0.0755. The summed E-state index contributed by atoms with van der Waals surface area (Å²) >= 11 is 0. The molecule has 1 spiro atoms. The van der Waals surface area contributed by atoms with Gasteiger partial charge in [0.1, 0.15) is 35.0 Å². The zero-order valence-electron chi connectivity index (χ0n) is 16.0. The number of anilines is 3. The van der Waals surface area contributed by atoms with Crippen molar-refractivity contribution in [2.45, 2.75) is 25.4 Å². The van der Waals surface area contributed by atoms with E-state index in [0.29, 0.717) is 24.2 Å². The van der Waals surface area contributed by atoms with Crippen molar-refractivity contribution in [2.75, 3.05) is 30.8 Å². The van der Waals surface area contributed by atoms with Crippen LogP contribution in [-0.4, -0.2) is 56.7 Å². The number of nitrogens with zero attached hydrogens (tertiary/aromatic N) is 4. The van der Waals surface area contributed by atoms with Crippen LogP contribution in [0.25, 0.3) is 0 Å². The third-order valence-corrected chi connectivity index (χ3v) is 5.21. The van der Waals surface area contributed by atoms with Crippen molar-refractivity contribution in [1.82, 2.24) is 24.8 Å². The first-order valence-electron chi connectivity index (χ1n) is 9.16. The minimum Gasteiger partial charge on any atom is -0.465 e. The lowest BCUT2D eigenvalue weighted by atomic mass is 9.98. The molecule has 2 amide bonds. The molecule has 29 heavy (non-hydrogen) atoms. The molecule has 0 radical (unpaired) electrons. The van der Waals surface area contributed by atoms with Gasteiger partial charge in [0.2, 0.25) is 0 Å². The van der Waals surface area contributed by atoms with Gasteiger partial charge in [-0.05, 0) is 45.0 Å². The molecule has 4 N–H and O–H groups in total. The number of pyridine rings is 1. The second-order valence-corrected chi connectivity index (χ2v) is 7.40. The fourth-order valence-electron chi connectivity index (χ4n) is 4.12. The maximum atomic E-state index is 13.3. The number of aryl methyl sites for hydroxylation is 1. The number of carboxylic acid groups (broad SMARTS) is 1. The van der Waals surface area contributed by atoms with Gasteiger partial charge in [0, 0.05) is 12.6 Å². The van der Waals surface area contributed by atoms with Gasteiger partial charge in [0.05, 0.1) is 0 Å². The molecule has 2 aliphatic heterocycles. The molecule has 11 heteroatoms. The van der Waals surface area contributed by atoms with Crippen molar-refractivity contribution in [2.24, 2.45) is 0 Å². The van der Waals surface area contributed by atoms with E-state index in [4.69, 9.17) is 5.11 Å². The smallest absolute Gasteiger partial charge is 0.410 e. The first-order chi connectivity index (χ1) is 13.8. The van der Waals surface area contributed by atoms with Crippen LogP contribution in [0.4, 0.5) is 22.1 Å². The molecular formula is C18H21N7O4. The summed E-state index contributed by atoms with van der Waals surface area (Å²) in [5, 5.41) is 16.9. The summed E-state index contributed by atoms with van der Waals surface area (Å²) in [4.78, 5) is 46.7. The first-order valence-corrected chi connectivity index (χ1v) is 9.16. The zero-order valence-corrected chi connectivity index (χ0v) is 16.0. The maximum absolute atomic E-state index is 13.3. The molecule has 0 bridgehead atoms.